The molecular formula is C15H29N7O. The molecule has 130 valence electrons. The molecule has 0 radical (unpaired) electrons. The van der Waals surface area contributed by atoms with Crippen LogP contribution in [0.15, 0.2) is 9.98 Å². The topological polar surface area (TPSA) is 113 Å². The average molecular weight is 323 g/mol. The normalized spacial score (nSPS) is 29.8. The van der Waals surface area contributed by atoms with Gasteiger partial charge in [-0.25, -0.2) is 4.99 Å². The zero-order chi connectivity index (χ0) is 16.1. The standard InChI is InChI=1S/C15H29N7O/c16-13-19-14(18-11-12-3-9-23-10-4-12)21-15(17,20-13)5-8-22-6-1-2-7-22/h12H,1-11,17H2,(H4,16,18,19,20,21). The molecule has 0 aliphatic carbocycles. The SMILES string of the molecule is NC1=NC(NCC2CCOCC2)=NC(N)(CCN2CCCC2)N1. The molecule has 0 bridgehead atoms. The first-order valence-corrected chi connectivity index (χ1v) is 8.68. The Bertz CT molecular complexity index is 455. The molecule has 0 saturated carbocycles. The molecule has 2 fully saturated rings. The molecule has 0 aromatic heterocycles. The van der Waals surface area contributed by atoms with Crippen molar-refractivity contribution in [3.8, 4) is 0 Å². The third kappa shape index (κ3) is 4.79. The molecule has 2 saturated heterocycles. The zero-order valence-corrected chi connectivity index (χ0v) is 13.8. The van der Waals surface area contributed by atoms with Crippen LogP contribution in [0.5, 0.6) is 0 Å². The zero-order valence-electron chi connectivity index (χ0n) is 13.8. The molecule has 8 nitrogen and oxygen atoms in total. The van der Waals surface area contributed by atoms with E-state index in [-0.39, 0.29) is 0 Å². The van der Waals surface area contributed by atoms with Crippen LogP contribution in [0.4, 0.5) is 0 Å². The predicted molar refractivity (Wildman–Crippen MR) is 90.9 cm³/mol. The number of nitrogens with one attached hydrogen (secondary N) is 2. The molecule has 23 heavy (non-hydrogen) atoms. The predicted octanol–water partition coefficient (Wildman–Crippen LogP) is -0.625. The van der Waals surface area contributed by atoms with Crippen molar-refractivity contribution < 1.29 is 4.74 Å². The van der Waals surface area contributed by atoms with E-state index in [0.29, 0.717) is 24.3 Å². The van der Waals surface area contributed by atoms with Gasteiger partial charge in [0.1, 0.15) is 0 Å². The number of nitrogens with zero attached hydrogens (tertiary/aromatic N) is 3. The summed E-state index contributed by atoms with van der Waals surface area (Å²) >= 11 is 0. The number of aliphatic imine (C=N–C) groups is 2. The van der Waals surface area contributed by atoms with Crippen molar-refractivity contribution in [3.05, 3.63) is 0 Å². The van der Waals surface area contributed by atoms with Crippen molar-refractivity contribution in [2.75, 3.05) is 39.4 Å². The summed E-state index contributed by atoms with van der Waals surface area (Å²) in [6.07, 6.45) is 5.40. The van der Waals surface area contributed by atoms with Crippen molar-refractivity contribution in [2.24, 2.45) is 27.4 Å². The van der Waals surface area contributed by atoms with Gasteiger partial charge in [-0.1, -0.05) is 0 Å². The monoisotopic (exact) mass is 323 g/mol. The number of hydrogen-bond acceptors (Lipinski definition) is 8. The van der Waals surface area contributed by atoms with Crippen LogP contribution in [0.1, 0.15) is 32.1 Å². The quantitative estimate of drug-likeness (QED) is 0.536. The lowest BCUT2D eigenvalue weighted by atomic mass is 10.0. The fraction of sp³-hybridized carbons (Fsp3) is 0.867. The average Bonchev–Trinajstić information content (AvgIpc) is 3.05. The third-order valence-corrected chi connectivity index (χ3v) is 4.77. The second-order valence-corrected chi connectivity index (χ2v) is 6.72. The molecule has 0 aromatic carbocycles. The molecule has 0 spiro atoms. The van der Waals surface area contributed by atoms with Gasteiger partial charge in [-0.15, -0.1) is 0 Å². The summed E-state index contributed by atoms with van der Waals surface area (Å²) in [7, 11) is 0. The van der Waals surface area contributed by atoms with E-state index in [4.69, 9.17) is 16.2 Å². The van der Waals surface area contributed by atoms with Gasteiger partial charge in [0.15, 0.2) is 11.7 Å². The van der Waals surface area contributed by atoms with Crippen LogP contribution in [0, 0.1) is 5.92 Å². The summed E-state index contributed by atoms with van der Waals surface area (Å²) in [5.74, 6) is 0.594. The summed E-state index contributed by atoms with van der Waals surface area (Å²) in [5, 5.41) is 6.31. The lowest BCUT2D eigenvalue weighted by Gasteiger charge is -2.32. The number of hydrogen-bond donors (Lipinski definition) is 4. The minimum Gasteiger partial charge on any atom is -0.381 e. The lowest BCUT2D eigenvalue weighted by Crippen LogP contribution is -2.61. The van der Waals surface area contributed by atoms with Gasteiger partial charge >= 0.3 is 0 Å². The first-order valence-electron chi connectivity index (χ1n) is 8.68. The summed E-state index contributed by atoms with van der Waals surface area (Å²) in [5.41, 5.74) is 12.3. The molecule has 3 rings (SSSR count). The number of rotatable bonds is 5. The molecule has 3 aliphatic rings. The van der Waals surface area contributed by atoms with Crippen molar-refractivity contribution in [2.45, 2.75) is 37.9 Å². The van der Waals surface area contributed by atoms with Crippen LogP contribution in [0.3, 0.4) is 0 Å². The van der Waals surface area contributed by atoms with Crippen molar-refractivity contribution >= 4 is 11.9 Å². The molecule has 3 aliphatic heterocycles. The largest absolute Gasteiger partial charge is 0.381 e. The molecule has 0 aromatic rings. The second-order valence-electron chi connectivity index (χ2n) is 6.72. The molecular weight excluding hydrogens is 294 g/mol. The maximum absolute atomic E-state index is 6.38. The van der Waals surface area contributed by atoms with Crippen LogP contribution in [0.25, 0.3) is 0 Å². The van der Waals surface area contributed by atoms with Crippen molar-refractivity contribution in [1.82, 2.24) is 15.5 Å². The van der Waals surface area contributed by atoms with Crippen LogP contribution in [-0.4, -0.2) is 62.0 Å². The number of likely N-dealkylation sites (tertiary alicyclic amines) is 1. The first kappa shape index (κ1) is 16.5. The minimum atomic E-state index is -0.869. The molecule has 1 unspecified atom stereocenters. The molecule has 8 heteroatoms. The van der Waals surface area contributed by atoms with Gasteiger partial charge in [-0.3, -0.25) is 5.73 Å². The Morgan fingerprint density at radius 1 is 1.30 bits per heavy atom. The van der Waals surface area contributed by atoms with Crippen LogP contribution in [-0.2, 0) is 4.74 Å². The fourth-order valence-electron chi connectivity index (χ4n) is 3.32. The van der Waals surface area contributed by atoms with Gasteiger partial charge in [0.2, 0.25) is 5.96 Å². The Morgan fingerprint density at radius 2 is 2.04 bits per heavy atom. The van der Waals surface area contributed by atoms with Crippen LogP contribution >= 0.6 is 0 Å². The van der Waals surface area contributed by atoms with E-state index in [2.05, 4.69) is 25.5 Å². The van der Waals surface area contributed by atoms with E-state index in [0.717, 1.165) is 52.2 Å². The van der Waals surface area contributed by atoms with E-state index in [1.165, 1.54) is 12.8 Å². The molecule has 3 heterocycles. The van der Waals surface area contributed by atoms with Crippen LogP contribution in [0.2, 0.25) is 0 Å². The highest BCUT2D eigenvalue weighted by Gasteiger charge is 2.30. The molecule has 1 atom stereocenters. The van der Waals surface area contributed by atoms with E-state index < -0.39 is 5.79 Å². The Labute approximate surface area is 137 Å². The van der Waals surface area contributed by atoms with E-state index in [1.807, 2.05) is 0 Å². The number of guanidine groups is 2. The van der Waals surface area contributed by atoms with E-state index in [1.54, 1.807) is 0 Å². The van der Waals surface area contributed by atoms with Crippen molar-refractivity contribution in [1.29, 1.82) is 0 Å². The van der Waals surface area contributed by atoms with Crippen LogP contribution < -0.4 is 22.1 Å². The minimum absolute atomic E-state index is 0.332. The second kappa shape index (κ2) is 7.46. The third-order valence-electron chi connectivity index (χ3n) is 4.77. The maximum Gasteiger partial charge on any atom is 0.224 e. The lowest BCUT2D eigenvalue weighted by molar-refractivity contribution is 0.0675. The highest BCUT2D eigenvalue weighted by atomic mass is 16.5. The highest BCUT2D eigenvalue weighted by Crippen LogP contribution is 2.15. The Morgan fingerprint density at radius 3 is 2.78 bits per heavy atom. The fourth-order valence-corrected chi connectivity index (χ4v) is 3.32. The summed E-state index contributed by atoms with van der Waals surface area (Å²) < 4.78 is 5.38. The highest BCUT2D eigenvalue weighted by molar-refractivity contribution is 5.96. The van der Waals surface area contributed by atoms with Gasteiger partial charge in [0.05, 0.1) is 0 Å². The summed E-state index contributed by atoms with van der Waals surface area (Å²) in [4.78, 5) is 11.2. The van der Waals surface area contributed by atoms with Gasteiger partial charge in [0.25, 0.3) is 0 Å². The van der Waals surface area contributed by atoms with E-state index in [9.17, 15) is 0 Å². The summed E-state index contributed by atoms with van der Waals surface area (Å²) in [6.45, 7) is 5.73. The van der Waals surface area contributed by atoms with Gasteiger partial charge in [-0.2, -0.15) is 4.99 Å². The Kier molecular flexibility index (Phi) is 5.34. The number of ether oxygens (including phenoxy) is 1. The smallest absolute Gasteiger partial charge is 0.224 e. The Balaban J connectivity index is 1.53. The molecule has 0 amide bonds. The maximum atomic E-state index is 6.38. The van der Waals surface area contributed by atoms with Gasteiger partial charge in [0, 0.05) is 32.7 Å². The summed E-state index contributed by atoms with van der Waals surface area (Å²) in [6, 6.07) is 0. The van der Waals surface area contributed by atoms with Crippen molar-refractivity contribution in [3.63, 3.8) is 0 Å². The van der Waals surface area contributed by atoms with E-state index >= 15 is 0 Å². The number of nitrogens with two attached hydrogens (primary N) is 2. The van der Waals surface area contributed by atoms with Gasteiger partial charge < -0.3 is 26.0 Å². The Hall–Kier alpha value is -1.38. The van der Waals surface area contributed by atoms with Gasteiger partial charge in [-0.05, 0) is 44.7 Å². The first-order chi connectivity index (χ1) is 11.1. The molecule has 6 N–H and O–H groups in total.